The van der Waals surface area contributed by atoms with Crippen molar-refractivity contribution in [3.63, 3.8) is 0 Å². The van der Waals surface area contributed by atoms with Gasteiger partial charge in [-0.15, -0.1) is 0 Å². The van der Waals surface area contributed by atoms with Crippen molar-refractivity contribution in [2.45, 2.75) is 121 Å². The van der Waals surface area contributed by atoms with Crippen molar-refractivity contribution >= 4 is 34.7 Å². The molecule has 266 valence electrons. The molecule has 2 aliphatic rings. The molecule has 7 nitrogen and oxygen atoms in total. The average Bonchev–Trinajstić information content (AvgIpc) is 3.55. The molecule has 0 unspecified atom stereocenters. The molecule has 1 aliphatic heterocycles. The lowest BCUT2D eigenvalue weighted by Gasteiger charge is -2.43. The number of hydrogen-bond donors (Lipinski definition) is 0. The van der Waals surface area contributed by atoms with Crippen LogP contribution in [-0.2, 0) is 24.0 Å². The Kier molecular flexibility index (Phi) is 11.5. The lowest BCUT2D eigenvalue weighted by atomic mass is 9.85. The van der Waals surface area contributed by atoms with E-state index in [1.807, 2.05) is 13.0 Å². The summed E-state index contributed by atoms with van der Waals surface area (Å²) in [5.41, 5.74) is 0.222. The zero-order chi connectivity index (χ0) is 35.5. The Morgan fingerprint density at radius 1 is 0.857 bits per heavy atom. The van der Waals surface area contributed by atoms with Gasteiger partial charge < -0.3 is 13.9 Å². The van der Waals surface area contributed by atoms with E-state index >= 15 is 0 Å². The Balaban J connectivity index is 1.31. The van der Waals surface area contributed by atoms with Crippen molar-refractivity contribution in [1.82, 2.24) is 4.31 Å². The Bertz CT molecular complexity index is 1630. The van der Waals surface area contributed by atoms with Gasteiger partial charge in [-0.2, -0.15) is 4.31 Å². The van der Waals surface area contributed by atoms with Gasteiger partial charge in [-0.3, -0.25) is 4.79 Å². The van der Waals surface area contributed by atoms with E-state index in [9.17, 15) is 13.2 Å². The highest BCUT2D eigenvalue weighted by molar-refractivity contribution is 7.89. The van der Waals surface area contributed by atoms with Crippen LogP contribution in [0.25, 0.3) is 0 Å². The van der Waals surface area contributed by atoms with Gasteiger partial charge in [0.1, 0.15) is 22.3 Å². The smallest absolute Gasteiger partial charge is 0.324 e. The van der Waals surface area contributed by atoms with Crippen molar-refractivity contribution in [3.05, 3.63) is 84.4 Å². The second-order valence-corrected chi connectivity index (χ2v) is 22.0. The van der Waals surface area contributed by atoms with Gasteiger partial charge in [0.05, 0.1) is 6.10 Å². The number of carbonyl (C=O) groups is 1. The molecule has 0 radical (unpaired) electrons. The van der Waals surface area contributed by atoms with Gasteiger partial charge in [-0.05, 0) is 105 Å². The monoisotopic (exact) mass is 705 g/mol. The minimum Gasteiger partial charge on any atom is -0.489 e. The molecule has 0 aromatic heterocycles. The fraction of sp³-hybridized carbons (Fsp3) is 0.525. The minimum absolute atomic E-state index is 0.0845. The van der Waals surface area contributed by atoms with Crippen molar-refractivity contribution in [2.24, 2.45) is 5.92 Å². The molecule has 0 N–H and O–H groups in total. The summed E-state index contributed by atoms with van der Waals surface area (Å²) in [7, 11) is -6.63. The van der Waals surface area contributed by atoms with Crippen LogP contribution in [0.15, 0.2) is 83.8 Å². The number of rotatable bonds is 11. The predicted molar refractivity (Wildman–Crippen MR) is 199 cm³/mol. The molecule has 49 heavy (non-hydrogen) atoms. The summed E-state index contributed by atoms with van der Waals surface area (Å²) >= 11 is 0. The number of hydrogen-bond acceptors (Lipinski definition) is 6. The Morgan fingerprint density at radius 3 is 2.08 bits per heavy atom. The summed E-state index contributed by atoms with van der Waals surface area (Å²) in [5.74, 6) is 0.263. The summed E-state index contributed by atoms with van der Waals surface area (Å²) < 4.78 is 49.0. The van der Waals surface area contributed by atoms with Crippen LogP contribution >= 0.6 is 0 Å². The van der Waals surface area contributed by atoms with Crippen molar-refractivity contribution < 1.29 is 27.1 Å². The maximum absolute atomic E-state index is 14.1. The number of carbonyl (C=O) groups excluding carboxylic acids is 1. The van der Waals surface area contributed by atoms with Crippen molar-refractivity contribution in [2.75, 3.05) is 13.2 Å². The molecule has 3 atom stereocenters. The maximum atomic E-state index is 14.1. The molecule has 1 heterocycles. The normalized spacial score (nSPS) is 21.0. The molecule has 5 rings (SSSR count). The van der Waals surface area contributed by atoms with Crippen LogP contribution in [0.5, 0.6) is 5.75 Å². The van der Waals surface area contributed by atoms with E-state index in [4.69, 9.17) is 13.9 Å². The second kappa shape index (κ2) is 15.1. The zero-order valence-electron chi connectivity index (χ0n) is 30.4. The molecular weight excluding hydrogens is 651 g/mol. The minimum atomic E-state index is -4.01. The van der Waals surface area contributed by atoms with Crippen molar-refractivity contribution in [3.8, 4) is 5.75 Å². The first-order valence-electron chi connectivity index (χ1n) is 17.9. The predicted octanol–water partition coefficient (Wildman–Crippen LogP) is 7.39. The standard InChI is InChI=1S/C40H55NO6SSi/c1-30-23-24-37(48(43,44)41-26-15-22-35(41)38(42)47-39(2,3)4)36(28-30)46-32-17-14-16-31(29-32)25-27-45-49(40(5,6)7,33-18-10-8-11-19-33)34-20-12-9-13-21-34/h8-13,18-21,23-24,28,31-32,35H,14-17,22,25-27,29H2,1-7H3/t31-,32-,35+/m1/s1. The van der Waals surface area contributed by atoms with Gasteiger partial charge in [-0.25, -0.2) is 8.42 Å². The Hall–Kier alpha value is -2.98. The summed E-state index contributed by atoms with van der Waals surface area (Å²) in [6.45, 7) is 15.1. The molecule has 3 aromatic rings. The highest BCUT2D eigenvalue weighted by atomic mass is 32.2. The first-order valence-corrected chi connectivity index (χ1v) is 21.2. The van der Waals surface area contributed by atoms with Gasteiger partial charge >= 0.3 is 5.97 Å². The topological polar surface area (TPSA) is 82.1 Å². The quantitative estimate of drug-likeness (QED) is 0.153. The Morgan fingerprint density at radius 2 is 1.49 bits per heavy atom. The van der Waals surface area contributed by atoms with Crippen LogP contribution in [0.3, 0.4) is 0 Å². The third-order valence-corrected chi connectivity index (χ3v) is 16.8. The number of ether oxygens (including phenoxy) is 2. The second-order valence-electron chi connectivity index (χ2n) is 15.8. The fourth-order valence-electron chi connectivity index (χ4n) is 7.61. The molecule has 2 fully saturated rings. The van der Waals surface area contributed by atoms with E-state index in [2.05, 4.69) is 81.4 Å². The van der Waals surface area contributed by atoms with Crippen LogP contribution in [0, 0.1) is 12.8 Å². The van der Waals surface area contributed by atoms with Crippen LogP contribution < -0.4 is 15.1 Å². The molecule has 3 aromatic carbocycles. The van der Waals surface area contributed by atoms with Gasteiger partial charge in [0.2, 0.25) is 10.0 Å². The van der Waals surface area contributed by atoms with E-state index in [1.165, 1.54) is 14.7 Å². The molecule has 9 heteroatoms. The summed E-state index contributed by atoms with van der Waals surface area (Å²) in [4.78, 5) is 13.2. The molecule has 1 saturated carbocycles. The fourth-order valence-corrected chi connectivity index (χ4v) is 13.9. The van der Waals surface area contributed by atoms with E-state index in [0.717, 1.165) is 37.7 Å². The lowest BCUT2D eigenvalue weighted by Crippen LogP contribution is -2.66. The van der Waals surface area contributed by atoms with E-state index in [1.54, 1.807) is 32.9 Å². The number of nitrogens with zero attached hydrogens (tertiary/aromatic N) is 1. The SMILES string of the molecule is Cc1ccc(S(=O)(=O)N2CCC[C@H]2C(=O)OC(C)(C)C)c(O[C@@H]2CCC[C@H](CCO[Si](c3ccccc3)(c3ccccc3)C(C)(C)C)C2)c1. The molecular formula is C40H55NO6SSi. The summed E-state index contributed by atoms with van der Waals surface area (Å²) in [6, 6.07) is 25.9. The van der Waals surface area contributed by atoms with E-state index < -0.39 is 36.0 Å². The van der Waals surface area contributed by atoms with Crippen LogP contribution in [0.4, 0.5) is 0 Å². The van der Waals surface area contributed by atoms with Crippen LogP contribution in [0.2, 0.25) is 5.04 Å². The number of esters is 1. The van der Waals surface area contributed by atoms with Crippen molar-refractivity contribution in [1.29, 1.82) is 0 Å². The number of sulfonamides is 1. The Labute approximate surface area is 295 Å². The molecule has 1 aliphatic carbocycles. The van der Waals surface area contributed by atoms with E-state index in [-0.39, 0.29) is 22.6 Å². The van der Waals surface area contributed by atoms with Gasteiger partial charge in [0.15, 0.2) is 0 Å². The third-order valence-electron chi connectivity index (χ3n) is 9.86. The van der Waals surface area contributed by atoms with Crippen LogP contribution in [0.1, 0.15) is 92.1 Å². The van der Waals surface area contributed by atoms with Gasteiger partial charge in [-0.1, -0.05) is 93.9 Å². The highest BCUT2D eigenvalue weighted by Gasteiger charge is 2.50. The first-order chi connectivity index (χ1) is 23.1. The summed E-state index contributed by atoms with van der Waals surface area (Å²) in [6.07, 6.45) is 5.65. The zero-order valence-corrected chi connectivity index (χ0v) is 32.2. The average molecular weight is 706 g/mol. The number of aryl methyl sites for hydroxylation is 1. The first kappa shape index (κ1) is 37.3. The third kappa shape index (κ3) is 8.50. The molecule has 0 amide bonds. The molecule has 0 spiro atoms. The lowest BCUT2D eigenvalue weighted by molar-refractivity contribution is -0.158. The molecule has 0 bridgehead atoms. The van der Waals surface area contributed by atoms with Crippen LogP contribution in [-0.4, -0.2) is 57.9 Å². The van der Waals surface area contributed by atoms with Gasteiger partial charge in [0, 0.05) is 13.2 Å². The highest BCUT2D eigenvalue weighted by Crippen LogP contribution is 2.39. The maximum Gasteiger partial charge on any atom is 0.324 e. The number of benzene rings is 3. The summed E-state index contributed by atoms with van der Waals surface area (Å²) in [5, 5.41) is 2.47. The van der Waals surface area contributed by atoms with Gasteiger partial charge in [0.25, 0.3) is 8.32 Å². The molecule has 1 saturated heterocycles. The van der Waals surface area contributed by atoms with E-state index in [0.29, 0.717) is 31.1 Å². The largest absolute Gasteiger partial charge is 0.489 e.